The lowest BCUT2D eigenvalue weighted by molar-refractivity contribution is -0.141. The Morgan fingerprint density at radius 1 is 1.21 bits per heavy atom. The number of carbonyl (C=O) groups excluding carboxylic acids is 2. The van der Waals surface area contributed by atoms with Crippen molar-refractivity contribution >= 4 is 57.9 Å². The highest BCUT2D eigenvalue weighted by Crippen LogP contribution is 2.34. The molecule has 11 heteroatoms. The van der Waals surface area contributed by atoms with E-state index in [9.17, 15) is 14.4 Å². The molecule has 0 aliphatic carbocycles. The van der Waals surface area contributed by atoms with Gasteiger partial charge in [-0.3, -0.25) is 14.5 Å². The van der Waals surface area contributed by atoms with Gasteiger partial charge in [-0.25, -0.2) is 4.79 Å². The number of cyclic esters (lactones) is 1. The number of hydrogen-bond acceptors (Lipinski definition) is 7. The van der Waals surface area contributed by atoms with E-state index in [0.717, 1.165) is 16.0 Å². The Balaban J connectivity index is 1.36. The predicted molar refractivity (Wildman–Crippen MR) is 132 cm³/mol. The summed E-state index contributed by atoms with van der Waals surface area (Å²) in [6.07, 6.45) is 0.749. The predicted octanol–water partition coefficient (Wildman–Crippen LogP) is 3.98. The third-order valence-electron chi connectivity index (χ3n) is 5.57. The first kappa shape index (κ1) is 24.3. The number of carbonyl (C=O) groups is 3. The van der Waals surface area contributed by atoms with Crippen molar-refractivity contribution in [1.29, 1.82) is 0 Å². The fraction of sp³-hybridized carbons (Fsp3) is 0.304. The quantitative estimate of drug-likeness (QED) is 0.522. The van der Waals surface area contributed by atoms with Gasteiger partial charge >= 0.3 is 12.1 Å². The molecule has 2 aliphatic rings. The number of rotatable bonds is 8. The van der Waals surface area contributed by atoms with Gasteiger partial charge in [0.2, 0.25) is 5.91 Å². The maximum Gasteiger partial charge on any atom is 0.409 e. The molecule has 0 saturated carbocycles. The molecular formula is C23H21ClN2O6S2. The average Bonchev–Trinajstić information content (AvgIpc) is 3.24. The highest BCUT2D eigenvalue weighted by Gasteiger charge is 2.37. The summed E-state index contributed by atoms with van der Waals surface area (Å²) in [7, 11) is 1.73. The number of carboxylic acid groups (broad SMARTS) is 1. The first-order valence-electron chi connectivity index (χ1n) is 10.4. The molecule has 2 aromatic carbocycles. The number of benzene rings is 2. The van der Waals surface area contributed by atoms with E-state index in [4.69, 9.17) is 38.4 Å². The van der Waals surface area contributed by atoms with Gasteiger partial charge in [0.1, 0.15) is 29.0 Å². The second-order valence-electron chi connectivity index (χ2n) is 7.95. The molecule has 2 fully saturated rings. The minimum atomic E-state index is -1.11. The Morgan fingerprint density at radius 3 is 2.53 bits per heavy atom. The lowest BCUT2D eigenvalue weighted by atomic mass is 10.1. The Kier molecular flexibility index (Phi) is 7.30. The number of ether oxygens (including phenoxy) is 2. The van der Waals surface area contributed by atoms with E-state index < -0.39 is 17.8 Å². The molecule has 2 amide bonds. The van der Waals surface area contributed by atoms with E-state index >= 15 is 0 Å². The molecule has 2 atom stereocenters. The van der Waals surface area contributed by atoms with Crippen molar-refractivity contribution in [2.45, 2.75) is 24.1 Å². The summed E-state index contributed by atoms with van der Waals surface area (Å²) >= 11 is 12.7. The molecule has 0 spiro atoms. The normalized spacial score (nSPS) is 20.1. The Bertz CT molecular complexity index is 1140. The number of thioether (sulfide) groups is 1. The molecule has 4 rings (SSSR count). The highest BCUT2D eigenvalue weighted by atomic mass is 35.5. The number of thiocarbonyl (C=S) groups is 1. The fourth-order valence-corrected chi connectivity index (χ4v) is 5.47. The van der Waals surface area contributed by atoms with E-state index in [2.05, 4.69) is 0 Å². The van der Waals surface area contributed by atoms with Crippen LogP contribution in [0, 0.1) is 0 Å². The van der Waals surface area contributed by atoms with Crippen LogP contribution in [0.1, 0.15) is 11.1 Å². The van der Waals surface area contributed by atoms with Crippen LogP contribution in [0.25, 0.3) is 0 Å². The van der Waals surface area contributed by atoms with Gasteiger partial charge < -0.3 is 19.5 Å². The zero-order valence-electron chi connectivity index (χ0n) is 18.1. The number of halogens is 1. The number of aliphatic carboxylic acids is 1. The van der Waals surface area contributed by atoms with Crippen molar-refractivity contribution in [3.63, 3.8) is 0 Å². The highest BCUT2D eigenvalue weighted by molar-refractivity contribution is 8.24. The maximum absolute atomic E-state index is 12.5. The molecule has 1 N–H and O–H groups in total. The lowest BCUT2D eigenvalue weighted by Crippen LogP contribution is -2.36. The van der Waals surface area contributed by atoms with Crippen molar-refractivity contribution in [3.05, 3.63) is 58.6 Å². The fourth-order valence-electron chi connectivity index (χ4n) is 3.69. The summed E-state index contributed by atoms with van der Waals surface area (Å²) in [4.78, 5) is 37.6. The molecule has 34 heavy (non-hydrogen) atoms. The van der Waals surface area contributed by atoms with Gasteiger partial charge in [-0.1, -0.05) is 53.8 Å². The molecule has 2 aromatic rings. The van der Waals surface area contributed by atoms with E-state index in [1.54, 1.807) is 24.1 Å². The Morgan fingerprint density at radius 2 is 1.91 bits per heavy atom. The molecule has 0 radical (unpaired) electrons. The summed E-state index contributed by atoms with van der Waals surface area (Å²) in [5.74, 6) is -0.332. The van der Waals surface area contributed by atoms with Crippen molar-refractivity contribution < 1.29 is 29.0 Å². The Hall–Kier alpha value is -2.82. The van der Waals surface area contributed by atoms with Gasteiger partial charge in [0, 0.05) is 7.05 Å². The topological polar surface area (TPSA) is 96.4 Å². The zero-order chi connectivity index (χ0) is 24.4. The summed E-state index contributed by atoms with van der Waals surface area (Å²) in [5, 5.41) is 8.87. The van der Waals surface area contributed by atoms with Crippen LogP contribution in [0.3, 0.4) is 0 Å². The summed E-state index contributed by atoms with van der Waals surface area (Å²) in [5.41, 5.74) is 1.87. The molecule has 2 saturated heterocycles. The van der Waals surface area contributed by atoms with E-state index in [-0.39, 0.29) is 22.4 Å². The van der Waals surface area contributed by atoms with Crippen LogP contribution in [0.5, 0.6) is 11.5 Å². The van der Waals surface area contributed by atoms with Crippen LogP contribution in [0.2, 0.25) is 5.02 Å². The van der Waals surface area contributed by atoms with E-state index in [0.29, 0.717) is 36.0 Å². The Labute approximate surface area is 210 Å². The second-order valence-corrected chi connectivity index (χ2v) is 10.2. The van der Waals surface area contributed by atoms with Gasteiger partial charge in [-0.15, -0.1) is 0 Å². The molecule has 2 heterocycles. The lowest BCUT2D eigenvalue weighted by Gasteiger charge is -2.16. The smallest absolute Gasteiger partial charge is 0.409 e. The van der Waals surface area contributed by atoms with E-state index in [1.165, 1.54) is 11.8 Å². The van der Waals surface area contributed by atoms with Crippen molar-refractivity contribution in [2.75, 3.05) is 20.2 Å². The average molecular weight is 521 g/mol. The minimum Gasteiger partial charge on any atom is -0.480 e. The second kappa shape index (κ2) is 10.2. The summed E-state index contributed by atoms with van der Waals surface area (Å²) in [6, 6.07) is 12.8. The number of carboxylic acids is 1. The summed E-state index contributed by atoms with van der Waals surface area (Å²) < 4.78 is 11.2. The maximum atomic E-state index is 12.5. The monoisotopic (exact) mass is 520 g/mol. The van der Waals surface area contributed by atoms with Gasteiger partial charge in [0.15, 0.2) is 0 Å². The number of amides is 2. The standard InChI is InChI=1S/C23H21ClN2O6S2/c1-25-15(12-31-22(25)30)8-13-2-5-16(6-3-13)32-18-7-4-14(9-17(18)24)10-19-21(29)26(11-20(27)28)23(33)34-19/h2-7,9,15,19H,8,10-12H2,1H3,(H,27,28). The summed E-state index contributed by atoms with van der Waals surface area (Å²) in [6.45, 7) is -0.0549. The molecule has 178 valence electrons. The molecular weight excluding hydrogens is 500 g/mol. The third kappa shape index (κ3) is 5.45. The third-order valence-corrected chi connectivity index (χ3v) is 7.45. The number of likely N-dealkylation sites (N-methyl/N-ethyl adjacent to an activating group) is 1. The van der Waals surface area contributed by atoms with Gasteiger partial charge in [-0.2, -0.15) is 0 Å². The van der Waals surface area contributed by atoms with Crippen LogP contribution >= 0.6 is 35.6 Å². The van der Waals surface area contributed by atoms with Gasteiger partial charge in [0.05, 0.1) is 16.3 Å². The minimum absolute atomic E-state index is 0.0109. The first-order valence-corrected chi connectivity index (χ1v) is 12.1. The molecule has 2 aliphatic heterocycles. The molecule has 0 aromatic heterocycles. The van der Waals surface area contributed by atoms with Crippen LogP contribution in [0.15, 0.2) is 42.5 Å². The van der Waals surface area contributed by atoms with E-state index in [1.807, 2.05) is 30.3 Å². The number of hydrogen-bond donors (Lipinski definition) is 1. The molecule has 0 bridgehead atoms. The first-order chi connectivity index (χ1) is 16.2. The van der Waals surface area contributed by atoms with Crippen LogP contribution in [-0.4, -0.2) is 68.7 Å². The SMILES string of the molecule is CN1C(=O)OCC1Cc1ccc(Oc2ccc(CC3SC(=S)N(CC(=O)O)C3=O)cc2Cl)cc1. The van der Waals surface area contributed by atoms with Crippen LogP contribution in [-0.2, 0) is 27.2 Å². The van der Waals surface area contributed by atoms with Crippen molar-refractivity contribution in [2.24, 2.45) is 0 Å². The van der Waals surface area contributed by atoms with Crippen LogP contribution in [0.4, 0.5) is 4.79 Å². The van der Waals surface area contributed by atoms with Crippen molar-refractivity contribution in [3.8, 4) is 11.5 Å². The zero-order valence-corrected chi connectivity index (χ0v) is 20.5. The number of nitrogens with zero attached hydrogens (tertiary/aromatic N) is 2. The van der Waals surface area contributed by atoms with Crippen LogP contribution < -0.4 is 4.74 Å². The van der Waals surface area contributed by atoms with Crippen molar-refractivity contribution in [1.82, 2.24) is 9.80 Å². The largest absolute Gasteiger partial charge is 0.480 e. The van der Waals surface area contributed by atoms with Gasteiger partial charge in [0.25, 0.3) is 0 Å². The molecule has 8 nitrogen and oxygen atoms in total. The molecule has 2 unspecified atom stereocenters. The van der Waals surface area contributed by atoms with Gasteiger partial charge in [-0.05, 0) is 48.2 Å².